The molecule has 1 rings (SSSR count). The van der Waals surface area contributed by atoms with E-state index in [1.54, 1.807) is 13.4 Å². The van der Waals surface area contributed by atoms with Crippen molar-refractivity contribution in [2.75, 3.05) is 20.3 Å². The fourth-order valence-corrected chi connectivity index (χ4v) is 2.04. The van der Waals surface area contributed by atoms with Crippen LogP contribution in [0.1, 0.15) is 51.7 Å². The second-order valence-corrected chi connectivity index (χ2v) is 5.81. The van der Waals surface area contributed by atoms with Gasteiger partial charge in [0, 0.05) is 7.11 Å². The predicted octanol–water partition coefficient (Wildman–Crippen LogP) is 5.28. The number of benzene rings is 1. The van der Waals surface area contributed by atoms with Crippen molar-refractivity contribution in [1.82, 2.24) is 0 Å². The molecule has 0 spiro atoms. The minimum Gasteiger partial charge on any atom is -0.501 e. The summed E-state index contributed by atoms with van der Waals surface area (Å²) in [4.78, 5) is 0. The molecule has 1 atom stereocenters. The molecule has 1 unspecified atom stereocenters. The standard InChI is InChI=1S/C20H30O3/c1-6-7-12-22-13-16(2)19-8-10-20(11-9-19)17(3)14-23-18(4)15-21-5/h8-11,13-14,18H,6-7,12,15H2,1-5H3/b16-13+,17-14+. The van der Waals surface area contributed by atoms with Gasteiger partial charge in [0.15, 0.2) is 0 Å². The maximum atomic E-state index is 5.63. The Kier molecular flexibility index (Phi) is 9.15. The lowest BCUT2D eigenvalue weighted by atomic mass is 10.0. The van der Waals surface area contributed by atoms with Crippen molar-refractivity contribution in [3.05, 3.63) is 47.9 Å². The van der Waals surface area contributed by atoms with E-state index in [0.29, 0.717) is 6.61 Å². The molecule has 3 nitrogen and oxygen atoms in total. The van der Waals surface area contributed by atoms with E-state index in [9.17, 15) is 0 Å². The summed E-state index contributed by atoms with van der Waals surface area (Å²) in [6, 6.07) is 8.43. The van der Waals surface area contributed by atoms with Crippen LogP contribution in [0.2, 0.25) is 0 Å². The third kappa shape index (κ3) is 7.38. The van der Waals surface area contributed by atoms with Crippen molar-refractivity contribution in [3.63, 3.8) is 0 Å². The maximum Gasteiger partial charge on any atom is 0.118 e. The van der Waals surface area contributed by atoms with Crippen molar-refractivity contribution in [2.45, 2.75) is 46.6 Å². The molecule has 0 aliphatic rings. The molecular formula is C20H30O3. The van der Waals surface area contributed by atoms with Crippen LogP contribution in [0, 0.1) is 0 Å². The summed E-state index contributed by atoms with van der Waals surface area (Å²) in [7, 11) is 1.68. The fraction of sp³-hybridized carbons (Fsp3) is 0.500. The molecule has 0 bridgehead atoms. The average molecular weight is 318 g/mol. The third-order valence-electron chi connectivity index (χ3n) is 3.55. The normalized spacial score (nSPS) is 13.8. The number of hydrogen-bond donors (Lipinski definition) is 0. The van der Waals surface area contributed by atoms with E-state index in [-0.39, 0.29) is 6.10 Å². The van der Waals surface area contributed by atoms with E-state index < -0.39 is 0 Å². The van der Waals surface area contributed by atoms with Crippen LogP contribution in [0.5, 0.6) is 0 Å². The van der Waals surface area contributed by atoms with Crippen LogP contribution in [-0.4, -0.2) is 26.4 Å². The Morgan fingerprint density at radius 1 is 1.04 bits per heavy atom. The smallest absolute Gasteiger partial charge is 0.118 e. The average Bonchev–Trinajstić information content (AvgIpc) is 2.57. The summed E-state index contributed by atoms with van der Waals surface area (Å²) >= 11 is 0. The molecule has 0 fully saturated rings. The minimum atomic E-state index is 0.0553. The first kappa shape index (κ1) is 19.3. The molecule has 128 valence electrons. The zero-order valence-corrected chi connectivity index (χ0v) is 15.1. The maximum absolute atomic E-state index is 5.63. The van der Waals surface area contributed by atoms with Crippen molar-refractivity contribution < 1.29 is 14.2 Å². The summed E-state index contributed by atoms with van der Waals surface area (Å²) in [6.07, 6.45) is 5.95. The van der Waals surface area contributed by atoms with E-state index in [1.165, 1.54) is 5.56 Å². The van der Waals surface area contributed by atoms with Crippen molar-refractivity contribution >= 4 is 11.1 Å². The fourth-order valence-electron chi connectivity index (χ4n) is 2.04. The Morgan fingerprint density at radius 3 is 2.13 bits per heavy atom. The van der Waals surface area contributed by atoms with Gasteiger partial charge >= 0.3 is 0 Å². The second-order valence-electron chi connectivity index (χ2n) is 5.81. The van der Waals surface area contributed by atoms with Gasteiger partial charge in [0.1, 0.15) is 6.10 Å². The van der Waals surface area contributed by atoms with Crippen LogP contribution in [-0.2, 0) is 14.2 Å². The van der Waals surface area contributed by atoms with Crippen LogP contribution in [0.4, 0.5) is 0 Å². The number of allylic oxidation sites excluding steroid dienone is 2. The Morgan fingerprint density at radius 2 is 1.61 bits per heavy atom. The molecule has 1 aromatic rings. The number of hydrogen-bond acceptors (Lipinski definition) is 3. The van der Waals surface area contributed by atoms with Gasteiger partial charge < -0.3 is 14.2 Å². The third-order valence-corrected chi connectivity index (χ3v) is 3.55. The molecule has 0 heterocycles. The molecule has 23 heavy (non-hydrogen) atoms. The van der Waals surface area contributed by atoms with Crippen molar-refractivity contribution in [2.24, 2.45) is 0 Å². The largest absolute Gasteiger partial charge is 0.501 e. The molecule has 0 amide bonds. The molecule has 0 N–H and O–H groups in total. The van der Waals surface area contributed by atoms with Gasteiger partial charge in [-0.2, -0.15) is 0 Å². The lowest BCUT2D eigenvalue weighted by Crippen LogP contribution is -2.11. The van der Waals surface area contributed by atoms with Crippen molar-refractivity contribution in [1.29, 1.82) is 0 Å². The van der Waals surface area contributed by atoms with E-state index >= 15 is 0 Å². The highest BCUT2D eigenvalue weighted by molar-refractivity contribution is 5.68. The highest BCUT2D eigenvalue weighted by atomic mass is 16.5. The Balaban J connectivity index is 2.63. The van der Waals surface area contributed by atoms with Gasteiger partial charge in [0.25, 0.3) is 0 Å². The summed E-state index contributed by atoms with van der Waals surface area (Å²) in [5.74, 6) is 0. The SMILES string of the molecule is CCCCO/C=C(\C)c1ccc(/C(C)=C/OC(C)COC)cc1. The van der Waals surface area contributed by atoms with Crippen LogP contribution < -0.4 is 0 Å². The second kappa shape index (κ2) is 10.9. The van der Waals surface area contributed by atoms with Crippen LogP contribution in [0.25, 0.3) is 11.1 Å². The van der Waals surface area contributed by atoms with Crippen LogP contribution >= 0.6 is 0 Å². The summed E-state index contributed by atoms with van der Waals surface area (Å²) in [6.45, 7) is 9.64. The molecule has 0 aliphatic carbocycles. The number of methoxy groups -OCH3 is 1. The van der Waals surface area contributed by atoms with E-state index in [0.717, 1.165) is 36.2 Å². The van der Waals surface area contributed by atoms with Gasteiger partial charge in [-0.15, -0.1) is 0 Å². The Bertz CT molecular complexity index is 500. The molecule has 0 saturated heterocycles. The van der Waals surface area contributed by atoms with Crippen LogP contribution in [0.15, 0.2) is 36.8 Å². The zero-order chi connectivity index (χ0) is 17.1. The summed E-state index contributed by atoms with van der Waals surface area (Å²) in [5.41, 5.74) is 4.56. The van der Waals surface area contributed by atoms with Crippen LogP contribution in [0.3, 0.4) is 0 Å². The molecular weight excluding hydrogens is 288 g/mol. The number of rotatable bonds is 10. The molecule has 0 aliphatic heterocycles. The Hall–Kier alpha value is -1.74. The van der Waals surface area contributed by atoms with E-state index in [4.69, 9.17) is 14.2 Å². The number of ether oxygens (including phenoxy) is 3. The highest BCUT2D eigenvalue weighted by Crippen LogP contribution is 2.19. The van der Waals surface area contributed by atoms with Crippen molar-refractivity contribution in [3.8, 4) is 0 Å². The van der Waals surface area contributed by atoms with Gasteiger partial charge in [-0.05, 0) is 49.5 Å². The molecule has 0 radical (unpaired) electrons. The first-order chi connectivity index (χ1) is 11.1. The lowest BCUT2D eigenvalue weighted by Gasteiger charge is -2.11. The highest BCUT2D eigenvalue weighted by Gasteiger charge is 2.02. The minimum absolute atomic E-state index is 0.0553. The molecule has 0 saturated carbocycles. The molecule has 1 aromatic carbocycles. The van der Waals surface area contributed by atoms with Gasteiger partial charge in [0.2, 0.25) is 0 Å². The van der Waals surface area contributed by atoms with E-state index in [2.05, 4.69) is 38.1 Å². The predicted molar refractivity (Wildman–Crippen MR) is 97.0 cm³/mol. The van der Waals surface area contributed by atoms with Gasteiger partial charge in [-0.25, -0.2) is 0 Å². The first-order valence-corrected chi connectivity index (χ1v) is 8.28. The lowest BCUT2D eigenvalue weighted by molar-refractivity contribution is 0.0638. The summed E-state index contributed by atoms with van der Waals surface area (Å²) in [5, 5.41) is 0. The summed E-state index contributed by atoms with van der Waals surface area (Å²) < 4.78 is 16.2. The zero-order valence-electron chi connectivity index (χ0n) is 15.1. The molecule has 3 heteroatoms. The number of unbranched alkanes of at least 4 members (excludes halogenated alkanes) is 1. The molecule has 0 aromatic heterocycles. The Labute approximate surface area is 141 Å². The first-order valence-electron chi connectivity index (χ1n) is 8.28. The quantitative estimate of drug-likeness (QED) is 0.434. The topological polar surface area (TPSA) is 27.7 Å². The monoisotopic (exact) mass is 318 g/mol. The van der Waals surface area contributed by atoms with Gasteiger partial charge in [-0.3, -0.25) is 0 Å². The van der Waals surface area contributed by atoms with Gasteiger partial charge in [-0.1, -0.05) is 37.6 Å². The van der Waals surface area contributed by atoms with E-state index in [1.807, 2.05) is 20.1 Å². The van der Waals surface area contributed by atoms with Gasteiger partial charge in [0.05, 0.1) is 25.7 Å².